The molecule has 0 bridgehead atoms. The molecule has 1 aromatic carbocycles. The van der Waals surface area contributed by atoms with E-state index >= 15 is 0 Å². The largest absolute Gasteiger partial charge is 0.307 e. The highest BCUT2D eigenvalue weighted by Gasteiger charge is 2.28. The van der Waals surface area contributed by atoms with E-state index in [4.69, 9.17) is 0 Å². The van der Waals surface area contributed by atoms with Gasteiger partial charge in [0.05, 0.1) is 12.7 Å². The monoisotopic (exact) mass is 441 g/mol. The molecule has 1 atom stereocenters. The van der Waals surface area contributed by atoms with Crippen molar-refractivity contribution in [1.29, 1.82) is 0 Å². The van der Waals surface area contributed by atoms with Crippen molar-refractivity contribution < 1.29 is 13.2 Å². The van der Waals surface area contributed by atoms with Crippen molar-refractivity contribution in [2.24, 2.45) is 5.92 Å². The molecule has 1 aliphatic rings. The van der Waals surface area contributed by atoms with E-state index in [1.165, 1.54) is 17.1 Å². The molecule has 8 nitrogen and oxygen atoms in total. The molecule has 9 heteroatoms. The normalized spacial score (nSPS) is 15.8. The van der Waals surface area contributed by atoms with E-state index in [-0.39, 0.29) is 10.8 Å². The molecule has 0 radical (unpaired) electrons. The van der Waals surface area contributed by atoms with Gasteiger partial charge in [-0.05, 0) is 17.9 Å². The predicted molar refractivity (Wildman–Crippen MR) is 117 cm³/mol. The van der Waals surface area contributed by atoms with Gasteiger partial charge < -0.3 is 5.32 Å². The van der Waals surface area contributed by atoms with Gasteiger partial charge in [0.2, 0.25) is 5.91 Å². The average Bonchev–Trinajstić information content (AvgIpc) is 3.49. The van der Waals surface area contributed by atoms with E-state index in [1.54, 1.807) is 10.7 Å². The number of hydrogen-bond acceptors (Lipinski definition) is 5. The van der Waals surface area contributed by atoms with Gasteiger partial charge in [0, 0.05) is 24.7 Å². The first kappa shape index (κ1) is 21.3. The Labute approximate surface area is 182 Å². The summed E-state index contributed by atoms with van der Waals surface area (Å²) in [6.07, 6.45) is 10.8. The highest BCUT2D eigenvalue weighted by atomic mass is 32.2. The van der Waals surface area contributed by atoms with Crippen LogP contribution in [0, 0.1) is 5.92 Å². The standard InChI is InChI=1S/C22H27N5O3S/c1-31(29,30)19-14-23-27(16-19)20(13-17-7-5-6-8-17)22(28)24-21-11-12-26(25-21)15-18-9-3-2-4-10-18/h2-4,9-12,14,16-17,20H,5-8,13,15H2,1H3,(H,24,25,28). The molecule has 1 fully saturated rings. The zero-order valence-corrected chi connectivity index (χ0v) is 18.3. The number of amides is 1. The lowest BCUT2D eigenvalue weighted by Gasteiger charge is -2.20. The van der Waals surface area contributed by atoms with Gasteiger partial charge in [-0.1, -0.05) is 56.0 Å². The Bertz CT molecular complexity index is 1130. The van der Waals surface area contributed by atoms with Gasteiger partial charge in [0.1, 0.15) is 10.9 Å². The molecule has 164 valence electrons. The number of aromatic nitrogens is 4. The lowest BCUT2D eigenvalue weighted by molar-refractivity contribution is -0.120. The first-order valence-corrected chi connectivity index (χ1v) is 12.4. The minimum absolute atomic E-state index is 0.115. The van der Waals surface area contributed by atoms with Crippen molar-refractivity contribution >= 4 is 21.6 Å². The van der Waals surface area contributed by atoms with E-state index in [0.29, 0.717) is 24.7 Å². The summed E-state index contributed by atoms with van der Waals surface area (Å²) in [5, 5.41) is 11.5. The van der Waals surface area contributed by atoms with Gasteiger partial charge in [0.15, 0.2) is 15.7 Å². The number of nitrogens with one attached hydrogen (secondary N) is 1. The lowest BCUT2D eigenvalue weighted by Crippen LogP contribution is -2.28. The Morgan fingerprint density at radius 1 is 1.19 bits per heavy atom. The summed E-state index contributed by atoms with van der Waals surface area (Å²) < 4.78 is 27.0. The summed E-state index contributed by atoms with van der Waals surface area (Å²) in [6.45, 7) is 0.610. The Balaban J connectivity index is 1.50. The zero-order valence-electron chi connectivity index (χ0n) is 17.5. The number of hydrogen-bond donors (Lipinski definition) is 1. The highest BCUT2D eigenvalue weighted by Crippen LogP contribution is 2.32. The molecule has 0 aliphatic heterocycles. The third kappa shape index (κ3) is 5.41. The summed E-state index contributed by atoms with van der Waals surface area (Å²) in [7, 11) is -3.38. The molecule has 1 amide bonds. The fourth-order valence-electron chi connectivity index (χ4n) is 4.08. The number of nitrogens with zero attached hydrogens (tertiary/aromatic N) is 4. The maximum atomic E-state index is 13.2. The molecule has 0 spiro atoms. The van der Waals surface area contributed by atoms with Crippen LogP contribution in [0.15, 0.2) is 59.9 Å². The van der Waals surface area contributed by atoms with E-state index < -0.39 is 15.9 Å². The van der Waals surface area contributed by atoms with Gasteiger partial charge in [0.25, 0.3) is 0 Å². The van der Waals surface area contributed by atoms with E-state index in [1.807, 2.05) is 36.5 Å². The predicted octanol–water partition coefficient (Wildman–Crippen LogP) is 3.29. The first-order valence-electron chi connectivity index (χ1n) is 10.5. The Kier molecular flexibility index (Phi) is 6.22. The number of anilines is 1. The molecule has 1 unspecified atom stereocenters. The molecule has 31 heavy (non-hydrogen) atoms. The Hall–Kier alpha value is -2.94. The minimum atomic E-state index is -3.38. The van der Waals surface area contributed by atoms with Crippen LogP contribution < -0.4 is 5.32 Å². The lowest BCUT2D eigenvalue weighted by atomic mass is 9.98. The SMILES string of the molecule is CS(=O)(=O)c1cnn(C(CC2CCCC2)C(=O)Nc2ccn(Cc3ccccc3)n2)c1. The molecule has 1 saturated carbocycles. The van der Waals surface area contributed by atoms with Gasteiger partial charge >= 0.3 is 0 Å². The fraction of sp³-hybridized carbons (Fsp3) is 0.409. The van der Waals surface area contributed by atoms with Crippen molar-refractivity contribution in [2.45, 2.75) is 49.6 Å². The van der Waals surface area contributed by atoms with Crippen molar-refractivity contribution in [3.63, 3.8) is 0 Å². The summed E-state index contributed by atoms with van der Waals surface area (Å²) >= 11 is 0. The van der Waals surface area contributed by atoms with Crippen molar-refractivity contribution in [1.82, 2.24) is 19.6 Å². The maximum Gasteiger partial charge on any atom is 0.250 e. The van der Waals surface area contributed by atoms with Crippen molar-refractivity contribution in [3.05, 3.63) is 60.6 Å². The smallest absolute Gasteiger partial charge is 0.250 e. The third-order valence-corrected chi connectivity index (χ3v) is 6.81. The first-order chi connectivity index (χ1) is 14.9. The number of rotatable bonds is 8. The van der Waals surface area contributed by atoms with Crippen LogP contribution in [0.3, 0.4) is 0 Å². The molecular weight excluding hydrogens is 414 g/mol. The van der Waals surface area contributed by atoms with Crippen LogP contribution in [0.2, 0.25) is 0 Å². The number of carbonyl (C=O) groups excluding carboxylic acids is 1. The van der Waals surface area contributed by atoms with Gasteiger partial charge in [-0.15, -0.1) is 0 Å². The molecule has 1 aliphatic carbocycles. The second-order valence-electron chi connectivity index (χ2n) is 8.20. The van der Waals surface area contributed by atoms with Crippen LogP contribution in [0.5, 0.6) is 0 Å². The van der Waals surface area contributed by atoms with Gasteiger partial charge in [-0.3, -0.25) is 14.2 Å². The van der Waals surface area contributed by atoms with Crippen LogP contribution in [0.4, 0.5) is 5.82 Å². The Morgan fingerprint density at radius 2 is 1.94 bits per heavy atom. The Morgan fingerprint density at radius 3 is 2.61 bits per heavy atom. The third-order valence-electron chi connectivity index (χ3n) is 5.74. The van der Waals surface area contributed by atoms with E-state index in [9.17, 15) is 13.2 Å². The van der Waals surface area contributed by atoms with Crippen LogP contribution >= 0.6 is 0 Å². The summed E-state index contributed by atoms with van der Waals surface area (Å²) in [5.74, 6) is 0.658. The van der Waals surface area contributed by atoms with Crippen molar-refractivity contribution in [2.75, 3.05) is 11.6 Å². The second-order valence-corrected chi connectivity index (χ2v) is 10.2. The topological polar surface area (TPSA) is 98.9 Å². The van der Waals surface area contributed by atoms with Crippen LogP contribution in [0.25, 0.3) is 0 Å². The van der Waals surface area contributed by atoms with E-state index in [2.05, 4.69) is 15.5 Å². The van der Waals surface area contributed by atoms with Gasteiger partial charge in [-0.2, -0.15) is 10.2 Å². The van der Waals surface area contributed by atoms with E-state index in [0.717, 1.165) is 37.5 Å². The van der Waals surface area contributed by atoms with Crippen LogP contribution in [-0.2, 0) is 21.2 Å². The molecule has 0 saturated heterocycles. The molecule has 2 aromatic heterocycles. The second kappa shape index (κ2) is 9.05. The summed E-state index contributed by atoms with van der Waals surface area (Å²) in [4.78, 5) is 13.3. The fourth-order valence-corrected chi connectivity index (χ4v) is 4.61. The minimum Gasteiger partial charge on any atom is -0.307 e. The quantitative estimate of drug-likeness (QED) is 0.578. The van der Waals surface area contributed by atoms with Crippen molar-refractivity contribution in [3.8, 4) is 0 Å². The zero-order chi connectivity index (χ0) is 21.8. The summed E-state index contributed by atoms with van der Waals surface area (Å²) in [5.41, 5.74) is 1.12. The van der Waals surface area contributed by atoms with Gasteiger partial charge in [-0.25, -0.2) is 8.42 Å². The van der Waals surface area contributed by atoms with Crippen LogP contribution in [-0.4, -0.2) is 40.1 Å². The molecule has 4 rings (SSSR count). The number of carbonyl (C=O) groups is 1. The summed E-state index contributed by atoms with van der Waals surface area (Å²) in [6, 6.07) is 11.1. The van der Waals surface area contributed by atoms with Crippen LogP contribution in [0.1, 0.15) is 43.7 Å². The number of benzene rings is 1. The molecular formula is C22H27N5O3S. The molecule has 1 N–H and O–H groups in total. The molecule has 3 aromatic rings. The maximum absolute atomic E-state index is 13.2. The number of sulfone groups is 1. The average molecular weight is 442 g/mol. The molecule has 2 heterocycles. The highest BCUT2D eigenvalue weighted by molar-refractivity contribution is 7.90.